The van der Waals surface area contributed by atoms with Crippen molar-refractivity contribution in [3.63, 3.8) is 0 Å². The molecule has 2 rings (SSSR count). The second kappa shape index (κ2) is 5.65. The first-order chi connectivity index (χ1) is 8.19. The zero-order chi connectivity index (χ0) is 12.3. The second-order valence-electron chi connectivity index (χ2n) is 5.22. The van der Waals surface area contributed by atoms with Gasteiger partial charge < -0.3 is 10.2 Å². The van der Waals surface area contributed by atoms with E-state index in [1.165, 1.54) is 18.4 Å². The molecule has 1 aromatic rings. The van der Waals surface area contributed by atoms with E-state index in [0.29, 0.717) is 6.04 Å². The van der Waals surface area contributed by atoms with Crippen LogP contribution in [-0.4, -0.2) is 40.9 Å². The Balaban J connectivity index is 1.80. The van der Waals surface area contributed by atoms with Crippen molar-refractivity contribution in [2.24, 2.45) is 13.0 Å². The highest BCUT2D eigenvalue weighted by molar-refractivity contribution is 5.03. The molecule has 0 amide bonds. The smallest absolute Gasteiger partial charge is 0.0534 e. The SMILES string of the molecule is CCNC(CN(C)Cc1cnn(C)c1)C1CC1. The summed E-state index contributed by atoms with van der Waals surface area (Å²) in [5.41, 5.74) is 1.29. The molecule has 4 nitrogen and oxygen atoms in total. The standard InChI is InChI=1S/C13H24N4/c1-4-14-13(12-5-6-12)10-16(2)8-11-7-15-17(3)9-11/h7,9,12-14H,4-6,8,10H2,1-3H3. The highest BCUT2D eigenvalue weighted by Gasteiger charge is 2.31. The maximum Gasteiger partial charge on any atom is 0.0534 e. The summed E-state index contributed by atoms with van der Waals surface area (Å²) in [6.45, 7) is 5.38. The number of hydrogen-bond acceptors (Lipinski definition) is 3. The number of likely N-dealkylation sites (N-methyl/N-ethyl adjacent to an activating group) is 2. The van der Waals surface area contributed by atoms with Crippen LogP contribution in [-0.2, 0) is 13.6 Å². The molecule has 0 saturated heterocycles. The molecule has 0 aliphatic heterocycles. The van der Waals surface area contributed by atoms with Crippen molar-refractivity contribution in [1.29, 1.82) is 0 Å². The first-order valence-corrected chi connectivity index (χ1v) is 6.58. The third-order valence-corrected chi connectivity index (χ3v) is 3.38. The summed E-state index contributed by atoms with van der Waals surface area (Å²) in [7, 11) is 4.16. The molecule has 1 saturated carbocycles. The van der Waals surface area contributed by atoms with E-state index in [9.17, 15) is 0 Å². The monoisotopic (exact) mass is 236 g/mol. The number of nitrogens with zero attached hydrogens (tertiary/aromatic N) is 3. The van der Waals surface area contributed by atoms with E-state index in [1.54, 1.807) is 0 Å². The molecule has 1 unspecified atom stereocenters. The Hall–Kier alpha value is -0.870. The van der Waals surface area contributed by atoms with E-state index < -0.39 is 0 Å². The van der Waals surface area contributed by atoms with Crippen molar-refractivity contribution < 1.29 is 0 Å². The Labute approximate surface area is 104 Å². The van der Waals surface area contributed by atoms with Crippen LogP contribution >= 0.6 is 0 Å². The number of aryl methyl sites for hydroxylation is 1. The number of hydrogen-bond donors (Lipinski definition) is 1. The van der Waals surface area contributed by atoms with E-state index >= 15 is 0 Å². The van der Waals surface area contributed by atoms with Crippen molar-refractivity contribution in [3.8, 4) is 0 Å². The summed E-state index contributed by atoms with van der Waals surface area (Å²) in [5, 5.41) is 7.81. The van der Waals surface area contributed by atoms with Crippen LogP contribution in [0.5, 0.6) is 0 Å². The molecule has 1 aliphatic rings. The first kappa shape index (κ1) is 12.6. The molecular weight excluding hydrogens is 212 g/mol. The van der Waals surface area contributed by atoms with Crippen LogP contribution in [0.2, 0.25) is 0 Å². The van der Waals surface area contributed by atoms with Crippen LogP contribution in [0.25, 0.3) is 0 Å². The van der Waals surface area contributed by atoms with Gasteiger partial charge in [0.25, 0.3) is 0 Å². The first-order valence-electron chi connectivity index (χ1n) is 6.58. The Morgan fingerprint density at radius 3 is 2.88 bits per heavy atom. The fourth-order valence-electron chi connectivity index (χ4n) is 2.41. The molecule has 1 heterocycles. The maximum atomic E-state index is 4.21. The largest absolute Gasteiger partial charge is 0.313 e. The molecule has 17 heavy (non-hydrogen) atoms. The summed E-state index contributed by atoms with van der Waals surface area (Å²) in [6.07, 6.45) is 6.85. The quantitative estimate of drug-likeness (QED) is 0.773. The summed E-state index contributed by atoms with van der Waals surface area (Å²) in [6, 6.07) is 0.668. The Kier molecular flexibility index (Phi) is 4.18. The van der Waals surface area contributed by atoms with Crippen molar-refractivity contribution in [2.45, 2.75) is 32.4 Å². The normalized spacial score (nSPS) is 17.6. The zero-order valence-electron chi connectivity index (χ0n) is 11.2. The van der Waals surface area contributed by atoms with Crippen molar-refractivity contribution in [2.75, 3.05) is 20.1 Å². The van der Waals surface area contributed by atoms with E-state index in [1.807, 2.05) is 17.9 Å². The lowest BCUT2D eigenvalue weighted by Crippen LogP contribution is -2.40. The highest BCUT2D eigenvalue weighted by Crippen LogP contribution is 2.32. The van der Waals surface area contributed by atoms with Crippen molar-refractivity contribution in [3.05, 3.63) is 18.0 Å². The van der Waals surface area contributed by atoms with Crippen molar-refractivity contribution >= 4 is 0 Å². The van der Waals surface area contributed by atoms with Gasteiger partial charge in [-0.3, -0.25) is 4.68 Å². The van der Waals surface area contributed by atoms with Gasteiger partial charge >= 0.3 is 0 Å². The molecule has 1 atom stereocenters. The molecule has 0 spiro atoms. The van der Waals surface area contributed by atoms with Gasteiger partial charge in [-0.1, -0.05) is 6.92 Å². The molecule has 1 fully saturated rings. The van der Waals surface area contributed by atoms with Gasteiger partial charge in [0.2, 0.25) is 0 Å². The van der Waals surface area contributed by atoms with Gasteiger partial charge in [-0.2, -0.15) is 5.10 Å². The summed E-state index contributed by atoms with van der Waals surface area (Å²) in [4.78, 5) is 2.39. The van der Waals surface area contributed by atoms with Crippen LogP contribution in [0.4, 0.5) is 0 Å². The fraction of sp³-hybridized carbons (Fsp3) is 0.769. The topological polar surface area (TPSA) is 33.1 Å². The maximum absolute atomic E-state index is 4.21. The van der Waals surface area contributed by atoms with Crippen LogP contribution in [0.1, 0.15) is 25.3 Å². The van der Waals surface area contributed by atoms with Gasteiger partial charge in [0.05, 0.1) is 6.20 Å². The average Bonchev–Trinajstić information content (AvgIpc) is 3.03. The highest BCUT2D eigenvalue weighted by atomic mass is 15.2. The minimum atomic E-state index is 0.668. The molecule has 0 radical (unpaired) electrons. The van der Waals surface area contributed by atoms with E-state index in [4.69, 9.17) is 0 Å². The van der Waals surface area contributed by atoms with Crippen LogP contribution in [0.15, 0.2) is 12.4 Å². The third kappa shape index (κ3) is 3.82. The molecule has 4 heteroatoms. The predicted octanol–water partition coefficient (Wildman–Crippen LogP) is 1.24. The number of rotatable bonds is 7. The number of nitrogens with one attached hydrogen (secondary N) is 1. The third-order valence-electron chi connectivity index (χ3n) is 3.38. The zero-order valence-corrected chi connectivity index (χ0v) is 11.2. The Bertz CT molecular complexity index is 343. The van der Waals surface area contributed by atoms with Gasteiger partial charge in [0.1, 0.15) is 0 Å². The average molecular weight is 236 g/mol. The van der Waals surface area contributed by atoms with Crippen LogP contribution < -0.4 is 5.32 Å². The van der Waals surface area contributed by atoms with Gasteiger partial charge in [-0.25, -0.2) is 0 Å². The Morgan fingerprint density at radius 2 is 2.35 bits per heavy atom. The van der Waals surface area contributed by atoms with Gasteiger partial charge in [0.15, 0.2) is 0 Å². The van der Waals surface area contributed by atoms with Crippen molar-refractivity contribution in [1.82, 2.24) is 20.0 Å². The Morgan fingerprint density at radius 1 is 1.59 bits per heavy atom. The minimum absolute atomic E-state index is 0.668. The summed E-state index contributed by atoms with van der Waals surface area (Å²) in [5.74, 6) is 0.909. The van der Waals surface area contributed by atoms with E-state index in [2.05, 4.69) is 35.5 Å². The summed E-state index contributed by atoms with van der Waals surface area (Å²) < 4.78 is 1.87. The van der Waals surface area contributed by atoms with Gasteiger partial charge in [0, 0.05) is 37.9 Å². The molecule has 96 valence electrons. The lowest BCUT2D eigenvalue weighted by atomic mass is 10.1. The molecule has 1 N–H and O–H groups in total. The van der Waals surface area contributed by atoms with Gasteiger partial charge in [-0.15, -0.1) is 0 Å². The van der Waals surface area contributed by atoms with E-state index in [-0.39, 0.29) is 0 Å². The molecule has 0 bridgehead atoms. The number of aromatic nitrogens is 2. The summed E-state index contributed by atoms with van der Waals surface area (Å²) >= 11 is 0. The molecule has 0 aromatic carbocycles. The van der Waals surface area contributed by atoms with Crippen LogP contribution in [0.3, 0.4) is 0 Å². The van der Waals surface area contributed by atoms with Gasteiger partial charge in [-0.05, 0) is 32.4 Å². The second-order valence-corrected chi connectivity index (χ2v) is 5.22. The predicted molar refractivity (Wildman–Crippen MR) is 69.7 cm³/mol. The van der Waals surface area contributed by atoms with Crippen LogP contribution in [0, 0.1) is 5.92 Å². The lowest BCUT2D eigenvalue weighted by molar-refractivity contribution is 0.269. The molecule has 1 aliphatic carbocycles. The lowest BCUT2D eigenvalue weighted by Gasteiger charge is -2.24. The van der Waals surface area contributed by atoms with E-state index in [0.717, 1.165) is 25.6 Å². The fourth-order valence-corrected chi connectivity index (χ4v) is 2.41. The molecule has 1 aromatic heterocycles. The minimum Gasteiger partial charge on any atom is -0.313 e. The molecular formula is C13H24N4.